The Morgan fingerprint density at radius 2 is 0.952 bits per heavy atom. The maximum atomic E-state index is 12.5. The molecule has 4 rings (SSSR count). The number of carbonyl (C=O) groups excluding carboxylic acids is 3. The maximum absolute atomic E-state index is 12.5. The molecule has 8 nitrogen and oxygen atoms in total. The van der Waals surface area contributed by atoms with Crippen molar-refractivity contribution in [1.82, 2.24) is 0 Å². The Morgan fingerprint density at radius 3 is 1.40 bits per heavy atom. The second kappa shape index (κ2) is 13.3. The fraction of sp³-hybridized carbons (Fsp3) is 0.0882. The van der Waals surface area contributed by atoms with Crippen LogP contribution in [0.25, 0.3) is 11.1 Å². The van der Waals surface area contributed by atoms with Crippen LogP contribution >= 0.6 is 0 Å². The van der Waals surface area contributed by atoms with Crippen LogP contribution in [0.5, 0.6) is 23.0 Å². The SMILES string of the molecule is C=C(C)C(=O)Oc1ccc(OC(=O)c2ccc(OC(O)c3ccc(-c4ccc(OC(=O)C(=C)C)cc4)cc3)cc2)cc1. The molecule has 212 valence electrons. The van der Waals surface area contributed by atoms with Gasteiger partial charge in [0.2, 0.25) is 6.29 Å². The molecule has 0 spiro atoms. The summed E-state index contributed by atoms with van der Waals surface area (Å²) in [7, 11) is 0. The van der Waals surface area contributed by atoms with E-state index < -0.39 is 24.2 Å². The van der Waals surface area contributed by atoms with E-state index in [9.17, 15) is 19.5 Å². The fourth-order valence-electron chi connectivity index (χ4n) is 3.55. The summed E-state index contributed by atoms with van der Waals surface area (Å²) in [5.41, 5.74) is 3.20. The van der Waals surface area contributed by atoms with E-state index in [4.69, 9.17) is 18.9 Å². The molecule has 4 aromatic carbocycles. The summed E-state index contributed by atoms with van der Waals surface area (Å²) in [5, 5.41) is 10.6. The number of hydrogen-bond acceptors (Lipinski definition) is 8. The number of aliphatic hydroxyl groups is 1. The van der Waals surface area contributed by atoms with Crippen LogP contribution in [-0.2, 0) is 9.59 Å². The van der Waals surface area contributed by atoms with E-state index in [-0.39, 0.29) is 16.9 Å². The Labute approximate surface area is 243 Å². The molecule has 1 atom stereocenters. The Morgan fingerprint density at radius 1 is 0.571 bits per heavy atom. The second-order valence-electron chi connectivity index (χ2n) is 9.34. The topological polar surface area (TPSA) is 108 Å². The van der Waals surface area contributed by atoms with Crippen LogP contribution in [0.15, 0.2) is 121 Å². The standard InChI is InChI=1S/C34H28O8/c1-21(2)31(35)39-27-13-9-24(10-14-27)23-5-7-25(8-6-23)33(37)41-28-15-11-26(12-16-28)34(38)42-30-19-17-29(18-20-30)40-32(36)22(3)4/h5-20,33,37H,1,3H2,2,4H3. The number of aliphatic hydroxyl groups excluding tert-OH is 1. The normalized spacial score (nSPS) is 11.1. The average molecular weight is 565 g/mol. The monoisotopic (exact) mass is 564 g/mol. The van der Waals surface area contributed by atoms with Gasteiger partial charge in [0.25, 0.3) is 0 Å². The molecule has 0 saturated carbocycles. The fourth-order valence-corrected chi connectivity index (χ4v) is 3.55. The lowest BCUT2D eigenvalue weighted by Crippen LogP contribution is -2.10. The summed E-state index contributed by atoms with van der Waals surface area (Å²) in [6.45, 7) is 10.2. The largest absolute Gasteiger partial charge is 0.461 e. The highest BCUT2D eigenvalue weighted by Crippen LogP contribution is 2.27. The molecular weight excluding hydrogens is 536 g/mol. The zero-order valence-corrected chi connectivity index (χ0v) is 23.0. The van der Waals surface area contributed by atoms with Crippen molar-refractivity contribution in [1.29, 1.82) is 0 Å². The van der Waals surface area contributed by atoms with Gasteiger partial charge < -0.3 is 24.1 Å². The van der Waals surface area contributed by atoms with Crippen molar-refractivity contribution in [2.45, 2.75) is 20.1 Å². The summed E-state index contributed by atoms with van der Waals surface area (Å²) in [6.07, 6.45) is -1.24. The average Bonchev–Trinajstić information content (AvgIpc) is 2.98. The third-order valence-corrected chi connectivity index (χ3v) is 5.87. The minimum Gasteiger partial charge on any atom is -0.461 e. The van der Waals surface area contributed by atoms with E-state index in [0.29, 0.717) is 28.4 Å². The summed E-state index contributed by atoms with van der Waals surface area (Å²) < 4.78 is 21.3. The van der Waals surface area contributed by atoms with E-state index in [1.165, 1.54) is 36.4 Å². The first-order valence-corrected chi connectivity index (χ1v) is 12.8. The van der Waals surface area contributed by atoms with Crippen molar-refractivity contribution in [2.24, 2.45) is 0 Å². The summed E-state index contributed by atoms with van der Waals surface area (Å²) in [6, 6.07) is 26.4. The van der Waals surface area contributed by atoms with E-state index in [1.54, 1.807) is 50.2 Å². The van der Waals surface area contributed by atoms with Gasteiger partial charge in [-0.15, -0.1) is 0 Å². The molecule has 0 fully saturated rings. The Hall–Kier alpha value is -5.47. The van der Waals surface area contributed by atoms with Crippen molar-refractivity contribution in [2.75, 3.05) is 0 Å². The first-order valence-electron chi connectivity index (χ1n) is 12.8. The maximum Gasteiger partial charge on any atom is 0.343 e. The van der Waals surface area contributed by atoms with Crippen LogP contribution in [0.4, 0.5) is 0 Å². The quantitative estimate of drug-likeness (QED) is 0.0993. The van der Waals surface area contributed by atoms with E-state index in [1.807, 2.05) is 24.3 Å². The molecule has 1 unspecified atom stereocenters. The smallest absolute Gasteiger partial charge is 0.343 e. The zero-order valence-electron chi connectivity index (χ0n) is 23.0. The summed E-state index contributed by atoms with van der Waals surface area (Å²) in [4.78, 5) is 35.8. The summed E-state index contributed by atoms with van der Waals surface area (Å²) >= 11 is 0. The van der Waals surface area contributed by atoms with E-state index in [2.05, 4.69) is 13.2 Å². The van der Waals surface area contributed by atoms with Gasteiger partial charge in [-0.25, -0.2) is 14.4 Å². The van der Waals surface area contributed by atoms with Gasteiger partial charge in [-0.05, 0) is 85.6 Å². The van der Waals surface area contributed by atoms with Gasteiger partial charge in [-0.2, -0.15) is 0 Å². The highest BCUT2D eigenvalue weighted by Gasteiger charge is 2.13. The minimum absolute atomic E-state index is 0.271. The lowest BCUT2D eigenvalue weighted by atomic mass is 10.0. The van der Waals surface area contributed by atoms with Gasteiger partial charge in [0, 0.05) is 16.7 Å². The van der Waals surface area contributed by atoms with E-state index >= 15 is 0 Å². The summed E-state index contributed by atoms with van der Waals surface area (Å²) in [5.74, 6) is -0.270. The number of hydrogen-bond donors (Lipinski definition) is 1. The van der Waals surface area contributed by atoms with Gasteiger partial charge in [0.15, 0.2) is 0 Å². The molecule has 0 aromatic heterocycles. The van der Waals surface area contributed by atoms with Crippen molar-refractivity contribution >= 4 is 17.9 Å². The van der Waals surface area contributed by atoms with Crippen molar-refractivity contribution in [3.63, 3.8) is 0 Å². The minimum atomic E-state index is -1.24. The molecule has 0 aliphatic carbocycles. The van der Waals surface area contributed by atoms with Crippen molar-refractivity contribution in [3.8, 4) is 34.1 Å². The predicted octanol–water partition coefficient (Wildman–Crippen LogP) is 6.61. The van der Waals surface area contributed by atoms with Crippen LogP contribution in [-0.4, -0.2) is 23.0 Å². The first-order chi connectivity index (χ1) is 20.1. The molecular formula is C34H28O8. The zero-order chi connectivity index (χ0) is 30.2. The van der Waals surface area contributed by atoms with Gasteiger partial charge in [0.05, 0.1) is 5.56 Å². The molecule has 0 heterocycles. The van der Waals surface area contributed by atoms with Crippen LogP contribution < -0.4 is 18.9 Å². The lowest BCUT2D eigenvalue weighted by Gasteiger charge is -2.15. The number of carbonyl (C=O) groups is 3. The van der Waals surface area contributed by atoms with Gasteiger partial charge >= 0.3 is 17.9 Å². The molecule has 8 heteroatoms. The molecule has 0 radical (unpaired) electrons. The van der Waals surface area contributed by atoms with Gasteiger partial charge in [0.1, 0.15) is 23.0 Å². The van der Waals surface area contributed by atoms with Crippen LogP contribution in [0.2, 0.25) is 0 Å². The Balaban J connectivity index is 1.31. The third-order valence-electron chi connectivity index (χ3n) is 5.87. The third kappa shape index (κ3) is 7.80. The number of esters is 3. The molecule has 42 heavy (non-hydrogen) atoms. The van der Waals surface area contributed by atoms with E-state index in [0.717, 1.165) is 11.1 Å². The number of benzene rings is 4. The van der Waals surface area contributed by atoms with Crippen LogP contribution in [0.3, 0.4) is 0 Å². The molecule has 0 aliphatic rings. The molecule has 4 aromatic rings. The van der Waals surface area contributed by atoms with Gasteiger partial charge in [-0.3, -0.25) is 0 Å². The Kier molecular flexibility index (Phi) is 9.31. The number of ether oxygens (including phenoxy) is 4. The number of rotatable bonds is 10. The highest BCUT2D eigenvalue weighted by atomic mass is 16.6. The molecule has 0 amide bonds. The molecule has 0 saturated heterocycles. The van der Waals surface area contributed by atoms with Crippen LogP contribution in [0.1, 0.15) is 36.1 Å². The van der Waals surface area contributed by atoms with Crippen molar-refractivity contribution < 1.29 is 38.4 Å². The molecule has 1 N–H and O–H groups in total. The highest BCUT2D eigenvalue weighted by molar-refractivity contribution is 5.91. The lowest BCUT2D eigenvalue weighted by molar-refractivity contribution is -0.130. The second-order valence-corrected chi connectivity index (χ2v) is 9.34. The first kappa shape index (κ1) is 29.5. The molecule has 0 aliphatic heterocycles. The molecule has 0 bridgehead atoms. The van der Waals surface area contributed by atoms with Crippen LogP contribution in [0, 0.1) is 0 Å². The predicted molar refractivity (Wildman–Crippen MR) is 156 cm³/mol. The van der Waals surface area contributed by atoms with Crippen molar-refractivity contribution in [3.05, 3.63) is 132 Å². The van der Waals surface area contributed by atoms with Gasteiger partial charge in [-0.1, -0.05) is 49.6 Å². The Bertz CT molecular complexity index is 1600.